The van der Waals surface area contributed by atoms with Crippen LogP contribution in [0.5, 0.6) is 0 Å². The lowest BCUT2D eigenvalue weighted by molar-refractivity contribution is -0.156. The number of aromatic nitrogens is 4. The highest BCUT2D eigenvalue weighted by Crippen LogP contribution is 2.44. The van der Waals surface area contributed by atoms with Gasteiger partial charge < -0.3 is 74.9 Å². The van der Waals surface area contributed by atoms with Crippen molar-refractivity contribution in [3.05, 3.63) is 251 Å². The minimum absolute atomic E-state index is 0.0275. The molecule has 0 radical (unpaired) electrons. The van der Waals surface area contributed by atoms with Gasteiger partial charge in [-0.05, 0) is 63.1 Å². The summed E-state index contributed by atoms with van der Waals surface area (Å²) in [7, 11) is 4.68. The molecule has 35 nitrogen and oxygen atoms in total. The van der Waals surface area contributed by atoms with Crippen LogP contribution in [0.2, 0.25) is 10.0 Å². The molecule has 4 aromatic heterocycles. The summed E-state index contributed by atoms with van der Waals surface area (Å²) >= 11 is 17.5. The molecule has 50 heteroatoms. The van der Waals surface area contributed by atoms with Gasteiger partial charge in [-0.3, -0.25) is 58.7 Å². The van der Waals surface area contributed by atoms with Gasteiger partial charge >= 0.3 is 47.8 Å². The number of nitrogens with one attached hydrogen (secondary N) is 4. The number of morpholine rings is 3. The second-order valence-corrected chi connectivity index (χ2v) is 35.6. The molecule has 4 aromatic carbocycles. The number of amidine groups is 4. The van der Waals surface area contributed by atoms with E-state index in [1.807, 2.05) is 0 Å². The Morgan fingerprint density at radius 2 is 0.761 bits per heavy atom. The van der Waals surface area contributed by atoms with Crippen LogP contribution in [0.25, 0.3) is 0 Å². The van der Waals surface area contributed by atoms with Gasteiger partial charge in [-0.2, -0.15) is 0 Å². The number of aliphatic imine (C=N–C) groups is 4. The summed E-state index contributed by atoms with van der Waals surface area (Å²) in [6.07, 6.45) is 3.62. The predicted molar refractivity (Wildman–Crippen MR) is 482 cm³/mol. The van der Waals surface area contributed by atoms with Crippen LogP contribution in [0.15, 0.2) is 178 Å². The van der Waals surface area contributed by atoms with Crippen molar-refractivity contribution in [2.75, 3.05) is 101 Å². The molecule has 0 bridgehead atoms. The third-order valence-electron chi connectivity index (χ3n) is 22.8. The summed E-state index contributed by atoms with van der Waals surface area (Å²) in [4.78, 5) is 140. The first kappa shape index (κ1) is 103. The lowest BCUT2D eigenvalue weighted by atomic mass is 9.93. The summed E-state index contributed by atoms with van der Waals surface area (Å²) in [6, 6.07) is 4.65. The minimum Gasteiger partial charge on any atom is -0.480 e. The number of rotatable bonds is 24. The fourth-order valence-electron chi connectivity index (χ4n) is 16.4. The number of aliphatic carboxylic acids is 4. The maximum Gasteiger partial charge on any atom is 0.338 e. The molecule has 8 N–H and O–H groups in total. The molecule has 138 heavy (non-hydrogen) atoms. The second kappa shape index (κ2) is 45.5. The highest BCUT2D eigenvalue weighted by atomic mass is 35.5. The molecule has 16 rings (SSSR count). The number of carboxylic acid groups (broad SMARTS) is 4. The Bertz CT molecular complexity index is 6180. The number of carbonyl (C=O) groups is 8. The number of piperidine rings is 1. The number of ether oxygens (including phenoxy) is 7. The number of carbonyl (C=O) groups excluding carboxylic acids is 4. The van der Waals surface area contributed by atoms with Crippen LogP contribution in [-0.2, 0) is 71.5 Å². The van der Waals surface area contributed by atoms with E-state index in [-0.39, 0.29) is 123 Å². The van der Waals surface area contributed by atoms with Gasteiger partial charge in [-0.25, -0.2) is 78.6 Å². The molecule has 4 fully saturated rings. The van der Waals surface area contributed by atoms with Crippen molar-refractivity contribution in [2.45, 2.75) is 106 Å². The normalized spacial score (nSPS) is 23.0. The van der Waals surface area contributed by atoms with E-state index < -0.39 is 174 Å². The molecule has 8 aliphatic heterocycles. The highest BCUT2D eigenvalue weighted by Gasteiger charge is 2.48. The van der Waals surface area contributed by atoms with Gasteiger partial charge in [0.1, 0.15) is 60.0 Å². The quantitative estimate of drug-likeness (QED) is 0.0121. The fraction of sp³-hybridized carbons (Fsp3) is 0.364. The number of nitrogens with zero attached hydrogens (tertiary/aromatic N) is 12. The van der Waals surface area contributed by atoms with Gasteiger partial charge in [-0.1, -0.05) is 59.6 Å². The average molecular weight is 2040 g/mol. The topological polar surface area (TPSA) is 444 Å². The van der Waals surface area contributed by atoms with E-state index in [9.17, 15) is 98.3 Å². The monoisotopic (exact) mass is 2040 g/mol. The van der Waals surface area contributed by atoms with E-state index >= 15 is 0 Å². The van der Waals surface area contributed by atoms with Crippen molar-refractivity contribution in [3.8, 4) is 0 Å². The molecule has 12 heterocycles. The molecular weight excluding hydrogens is 1960 g/mol. The second-order valence-electron chi connectivity index (χ2n) is 31.3. The van der Waals surface area contributed by atoms with E-state index in [0.29, 0.717) is 69.4 Å². The number of esters is 4. The number of likely N-dealkylation sites (tertiary alicyclic amines) is 1. The molecule has 0 saturated carbocycles. The molecule has 0 aliphatic carbocycles. The molecule has 732 valence electrons. The number of methoxy groups -OCH3 is 4. The zero-order valence-electron chi connectivity index (χ0n) is 73.6. The summed E-state index contributed by atoms with van der Waals surface area (Å²) in [5.74, 6) is -17.8. The van der Waals surface area contributed by atoms with Crippen LogP contribution < -0.4 is 21.3 Å². The lowest BCUT2D eigenvalue weighted by Gasteiger charge is -2.38. The zero-order chi connectivity index (χ0) is 99.4. The van der Waals surface area contributed by atoms with E-state index in [1.54, 1.807) is 75.5 Å². The Balaban J connectivity index is 0.000000155. The smallest absolute Gasteiger partial charge is 0.338 e. The Morgan fingerprint density at radius 1 is 0.428 bits per heavy atom. The van der Waals surface area contributed by atoms with Crippen molar-refractivity contribution < 1.29 is 131 Å². The molecule has 8 aromatic rings. The number of halogens is 11. The Hall–Kier alpha value is -12.3. The molecule has 8 aliphatic rings. The van der Waals surface area contributed by atoms with Gasteiger partial charge in [0.25, 0.3) is 5.92 Å². The number of alkyl halides is 2. The van der Waals surface area contributed by atoms with Crippen LogP contribution in [-0.4, -0.2) is 280 Å². The van der Waals surface area contributed by atoms with Gasteiger partial charge in [0.05, 0.1) is 105 Å². The first-order chi connectivity index (χ1) is 65.9. The Morgan fingerprint density at radius 3 is 1.09 bits per heavy atom. The predicted octanol–water partition coefficient (Wildman–Crippen LogP) is 10.6. The van der Waals surface area contributed by atoms with Crippen molar-refractivity contribution in [1.82, 2.24) is 60.8 Å². The lowest BCUT2D eigenvalue weighted by Crippen LogP contribution is -2.56. The minimum atomic E-state index is -3.11. The van der Waals surface area contributed by atoms with E-state index in [0.717, 1.165) is 49.5 Å². The Kier molecular flexibility index (Phi) is 34.0. The van der Waals surface area contributed by atoms with Crippen molar-refractivity contribution in [3.63, 3.8) is 0 Å². The van der Waals surface area contributed by atoms with Gasteiger partial charge in [0.15, 0.2) is 72.5 Å². The largest absolute Gasteiger partial charge is 0.480 e. The summed E-state index contributed by atoms with van der Waals surface area (Å²) in [6.45, 7) is 5.55. The first-order valence-corrected chi connectivity index (χ1v) is 46.0. The summed E-state index contributed by atoms with van der Waals surface area (Å²) in [5, 5.41) is 59.4. The van der Waals surface area contributed by atoms with Crippen LogP contribution in [0, 0.1) is 40.7 Å². The number of carboxylic acids is 4. The standard InChI is InChI=1S/C22H20ClF3N4O4S.C22H22ClFN4O5S.C22H21F3N4O5S.C22H22F2N4O5S/c1-34-21(33)15-13(9-30-10-22(25,26)6-5-14(30)20(31)32)28-18(19-27-7-8-35-19)29-17(15)11-3-2-4-12(24)16(11)23;1-11-18(21(29)30)28(7-8-33-11)10-14-15(22(31)32-2)17(12-4-3-5-13(24)16(12)23)27-19(26-14)20-25-6-9-34-20;1-10-18(21(30)31)29(6-7-34-10)9-13-14(22(32)33-2)17(11-3-4-12(23)16(25)15(11)24)28-19(27-13)20-26-5-8-35-20;1-11-18(21(29)30)28(6-7-33-11)10-15-16(22(31)32-2)17(12-3-4-13(23)14(24)9-12)27-19(26-15)20-25-5-8-34-20/h2-4,7-8,14,17H,5-6,9-10H2,1H3,(H,28,29)(H,31,32);3-6,9,11,17-18H,7-8,10H2,1-2H3,(H,26,27)(H,29,30);3-5,8,10,17-18H,6-7,9H2,1-2H3,(H,27,28)(H,30,31);3-5,8-9,11,17-18H,6-7,10H2,1-2H3,(H,26,27)(H,29,30)/t14-,17+;11-,17+,18+;10-,17+,18+;11-,17+,18+/m1111/s1. The van der Waals surface area contributed by atoms with E-state index in [4.69, 9.17) is 56.4 Å². The van der Waals surface area contributed by atoms with Crippen LogP contribution >= 0.6 is 68.5 Å². The zero-order valence-corrected chi connectivity index (χ0v) is 78.4. The van der Waals surface area contributed by atoms with Crippen LogP contribution in [0.4, 0.5) is 39.5 Å². The molecule has 0 spiro atoms. The van der Waals surface area contributed by atoms with Gasteiger partial charge in [0.2, 0.25) is 0 Å². The van der Waals surface area contributed by atoms with Crippen molar-refractivity contribution in [2.24, 2.45) is 20.0 Å². The van der Waals surface area contributed by atoms with Gasteiger partial charge in [0, 0.05) is 138 Å². The third kappa shape index (κ3) is 23.3. The molecular formula is C88H85Cl2F9N16O19S4. The SMILES string of the molecule is COC(=O)C1=C(CN2CC(F)(F)CC[C@@H]2C(=O)O)NC(c2nccs2)=N[C@H]1c1cccc(F)c1Cl.COC(=O)C1=C(CN2CCO[C@H](C)[C@H]2C(=O)O)NC(c2nccs2)=N[C@H]1c1ccc(F)c(F)c1.COC(=O)C1=C(CN2CCO[C@H](C)[C@H]2C(=O)O)NC(c2nccs2)=N[C@H]1c1ccc(F)c(F)c1F.COC(=O)C1=C(CN2CCO[C@H](C)[C@H]2C(=O)O)NC(c2nccs2)=N[C@H]1c1cccc(F)c1Cl. The van der Waals surface area contributed by atoms with Crippen molar-refractivity contribution in [1.29, 1.82) is 0 Å². The number of benzene rings is 4. The van der Waals surface area contributed by atoms with E-state index in [1.165, 1.54) is 102 Å². The summed E-state index contributed by atoms with van der Waals surface area (Å²) in [5.41, 5.74) is 1.16. The fourth-order valence-corrected chi connectivity index (χ4v) is 19.2. The van der Waals surface area contributed by atoms with Gasteiger partial charge in [-0.15, -0.1) is 45.3 Å². The first-order valence-electron chi connectivity index (χ1n) is 41.8. The maximum atomic E-state index is 14.9. The number of hydrogen-bond donors (Lipinski definition) is 8. The highest BCUT2D eigenvalue weighted by molar-refractivity contribution is 7.12. The van der Waals surface area contributed by atoms with E-state index in [2.05, 4.69) is 61.2 Å². The van der Waals surface area contributed by atoms with Crippen LogP contribution in [0.1, 0.15) is 100 Å². The Labute approximate surface area is 805 Å². The molecule has 0 unspecified atom stereocenters. The van der Waals surface area contributed by atoms with Crippen LogP contribution in [0.3, 0.4) is 0 Å². The number of thiazole rings is 4. The average Bonchev–Trinajstić information content (AvgIpc) is 1.21. The summed E-state index contributed by atoms with van der Waals surface area (Å²) < 4.78 is 164. The van der Waals surface area contributed by atoms with Crippen molar-refractivity contribution >= 4 is 140 Å². The molecule has 4 saturated heterocycles. The maximum absolute atomic E-state index is 14.9. The molecule has 11 atom stereocenters. The third-order valence-corrected chi connectivity index (χ3v) is 26.7. The number of hydrogen-bond acceptors (Lipinski definition) is 35. The molecule has 0 amide bonds.